The van der Waals surface area contributed by atoms with E-state index in [2.05, 4.69) is 21.0 Å². The highest BCUT2D eigenvalue weighted by Gasteiger charge is 2.10. The van der Waals surface area contributed by atoms with Gasteiger partial charge in [-0.15, -0.1) is 0 Å². The zero-order chi connectivity index (χ0) is 13.1. The number of aliphatic hydroxyl groups excluding tert-OH is 1. The first-order valence-corrected chi connectivity index (χ1v) is 6.84. The molecule has 1 heterocycles. The van der Waals surface area contributed by atoms with E-state index in [4.69, 9.17) is 11.6 Å². The van der Waals surface area contributed by atoms with Gasteiger partial charge in [-0.2, -0.15) is 5.10 Å². The standard InChI is InChI=1S/C13H14BrClN2O/c1-17-12(4-5-16-17)2-3-13(18)9-6-10(14)8-11(15)7-9/h4-8,13,18H,2-3H2,1H3. The number of nitrogens with zero attached hydrogens (tertiary/aromatic N) is 2. The smallest absolute Gasteiger partial charge is 0.0794 e. The van der Waals surface area contributed by atoms with Gasteiger partial charge in [0, 0.05) is 28.4 Å². The van der Waals surface area contributed by atoms with Crippen molar-refractivity contribution < 1.29 is 5.11 Å². The Morgan fingerprint density at radius 1 is 1.44 bits per heavy atom. The normalized spacial score (nSPS) is 12.7. The van der Waals surface area contributed by atoms with Crippen molar-refractivity contribution >= 4 is 27.5 Å². The van der Waals surface area contributed by atoms with Gasteiger partial charge in [-0.25, -0.2) is 0 Å². The van der Waals surface area contributed by atoms with Gasteiger partial charge in [-0.3, -0.25) is 4.68 Å². The Morgan fingerprint density at radius 3 is 2.83 bits per heavy atom. The number of benzene rings is 1. The molecule has 1 N–H and O–H groups in total. The molecule has 2 aromatic rings. The molecule has 18 heavy (non-hydrogen) atoms. The number of hydrogen-bond donors (Lipinski definition) is 1. The molecule has 0 aliphatic carbocycles. The van der Waals surface area contributed by atoms with E-state index >= 15 is 0 Å². The fourth-order valence-electron chi connectivity index (χ4n) is 1.87. The van der Waals surface area contributed by atoms with Crippen LogP contribution in [0.4, 0.5) is 0 Å². The van der Waals surface area contributed by atoms with E-state index in [0.29, 0.717) is 11.4 Å². The van der Waals surface area contributed by atoms with Gasteiger partial charge in [-0.05, 0) is 42.7 Å². The Balaban J connectivity index is 2.03. The highest BCUT2D eigenvalue weighted by molar-refractivity contribution is 9.10. The average molecular weight is 330 g/mol. The monoisotopic (exact) mass is 328 g/mol. The van der Waals surface area contributed by atoms with E-state index in [9.17, 15) is 5.11 Å². The average Bonchev–Trinajstić information content (AvgIpc) is 2.70. The predicted molar refractivity (Wildman–Crippen MR) is 75.6 cm³/mol. The highest BCUT2D eigenvalue weighted by Crippen LogP contribution is 2.26. The van der Waals surface area contributed by atoms with Crippen LogP contribution in [0.2, 0.25) is 5.02 Å². The molecule has 0 saturated heterocycles. The van der Waals surface area contributed by atoms with Crippen molar-refractivity contribution in [3.63, 3.8) is 0 Å². The number of halogens is 2. The maximum absolute atomic E-state index is 10.1. The number of aromatic nitrogens is 2. The van der Waals surface area contributed by atoms with E-state index in [1.165, 1.54) is 0 Å². The van der Waals surface area contributed by atoms with Crippen LogP contribution >= 0.6 is 27.5 Å². The number of aliphatic hydroxyl groups is 1. The SMILES string of the molecule is Cn1nccc1CCC(O)c1cc(Cl)cc(Br)c1. The van der Waals surface area contributed by atoms with Crippen LogP contribution in [0, 0.1) is 0 Å². The van der Waals surface area contributed by atoms with Crippen LogP contribution in [0.1, 0.15) is 23.8 Å². The summed E-state index contributed by atoms with van der Waals surface area (Å²) >= 11 is 9.34. The summed E-state index contributed by atoms with van der Waals surface area (Å²) in [6.45, 7) is 0. The summed E-state index contributed by atoms with van der Waals surface area (Å²) in [4.78, 5) is 0. The van der Waals surface area contributed by atoms with E-state index in [-0.39, 0.29) is 0 Å². The minimum Gasteiger partial charge on any atom is -0.388 e. The Hall–Kier alpha value is -0.840. The molecule has 0 bridgehead atoms. The van der Waals surface area contributed by atoms with Gasteiger partial charge in [0.25, 0.3) is 0 Å². The van der Waals surface area contributed by atoms with Crippen LogP contribution in [0.15, 0.2) is 34.9 Å². The fraction of sp³-hybridized carbons (Fsp3) is 0.308. The third-order valence-electron chi connectivity index (χ3n) is 2.87. The molecular weight excluding hydrogens is 316 g/mol. The zero-order valence-corrected chi connectivity index (χ0v) is 12.3. The van der Waals surface area contributed by atoms with Crippen LogP contribution in [-0.4, -0.2) is 14.9 Å². The Labute approximate surface area is 120 Å². The van der Waals surface area contributed by atoms with Gasteiger partial charge in [0.2, 0.25) is 0 Å². The lowest BCUT2D eigenvalue weighted by Gasteiger charge is -2.12. The molecule has 0 radical (unpaired) electrons. The second-order valence-electron chi connectivity index (χ2n) is 4.20. The Kier molecular flexibility index (Phi) is 4.43. The van der Waals surface area contributed by atoms with Crippen molar-refractivity contribution in [1.29, 1.82) is 0 Å². The summed E-state index contributed by atoms with van der Waals surface area (Å²) in [7, 11) is 1.90. The highest BCUT2D eigenvalue weighted by atomic mass is 79.9. The molecule has 1 aromatic carbocycles. The van der Waals surface area contributed by atoms with Gasteiger partial charge in [0.1, 0.15) is 0 Å². The van der Waals surface area contributed by atoms with Crippen molar-refractivity contribution in [2.75, 3.05) is 0 Å². The molecule has 2 rings (SSSR count). The zero-order valence-electron chi connectivity index (χ0n) is 9.98. The van der Waals surface area contributed by atoms with Crippen molar-refractivity contribution in [3.05, 3.63) is 51.2 Å². The number of aryl methyl sites for hydroxylation is 2. The van der Waals surface area contributed by atoms with Crippen molar-refractivity contribution in [2.45, 2.75) is 18.9 Å². The molecule has 3 nitrogen and oxygen atoms in total. The minimum absolute atomic E-state index is 0.519. The van der Waals surface area contributed by atoms with E-state index in [1.54, 1.807) is 18.3 Å². The molecule has 1 aromatic heterocycles. The van der Waals surface area contributed by atoms with Gasteiger partial charge >= 0.3 is 0 Å². The molecule has 0 spiro atoms. The molecule has 0 aliphatic rings. The topological polar surface area (TPSA) is 38.0 Å². The Morgan fingerprint density at radius 2 is 2.22 bits per heavy atom. The molecule has 96 valence electrons. The quantitative estimate of drug-likeness (QED) is 0.932. The maximum Gasteiger partial charge on any atom is 0.0794 e. The lowest BCUT2D eigenvalue weighted by atomic mass is 10.0. The lowest BCUT2D eigenvalue weighted by molar-refractivity contribution is 0.167. The molecule has 0 aliphatic heterocycles. The third-order valence-corrected chi connectivity index (χ3v) is 3.54. The van der Waals surface area contributed by atoms with Gasteiger partial charge in [0.05, 0.1) is 6.10 Å². The minimum atomic E-state index is -0.519. The van der Waals surface area contributed by atoms with E-state index in [0.717, 1.165) is 22.2 Å². The predicted octanol–water partition coefficient (Wildman–Crippen LogP) is 3.50. The second kappa shape index (κ2) is 5.87. The molecule has 0 saturated carbocycles. The molecule has 1 atom stereocenters. The second-order valence-corrected chi connectivity index (χ2v) is 5.56. The molecule has 5 heteroatoms. The summed E-state index contributed by atoms with van der Waals surface area (Å²) in [5.41, 5.74) is 1.94. The van der Waals surface area contributed by atoms with Gasteiger partial charge < -0.3 is 5.11 Å². The third kappa shape index (κ3) is 3.34. The van der Waals surface area contributed by atoms with Crippen molar-refractivity contribution in [1.82, 2.24) is 9.78 Å². The first kappa shape index (κ1) is 13.6. The maximum atomic E-state index is 10.1. The largest absolute Gasteiger partial charge is 0.388 e. The van der Waals surface area contributed by atoms with E-state index in [1.807, 2.05) is 23.9 Å². The van der Waals surface area contributed by atoms with E-state index < -0.39 is 6.10 Å². The van der Waals surface area contributed by atoms with Crippen molar-refractivity contribution in [2.24, 2.45) is 7.05 Å². The molecule has 0 fully saturated rings. The number of hydrogen-bond acceptors (Lipinski definition) is 2. The summed E-state index contributed by atoms with van der Waals surface area (Å²) < 4.78 is 2.70. The van der Waals surface area contributed by atoms with Crippen LogP contribution < -0.4 is 0 Å². The number of rotatable bonds is 4. The molecular formula is C13H14BrClN2O. The molecule has 0 amide bonds. The summed E-state index contributed by atoms with van der Waals surface area (Å²) in [5, 5.41) is 14.9. The van der Waals surface area contributed by atoms with Crippen LogP contribution in [0.5, 0.6) is 0 Å². The van der Waals surface area contributed by atoms with Gasteiger partial charge in [-0.1, -0.05) is 27.5 Å². The van der Waals surface area contributed by atoms with Crippen molar-refractivity contribution in [3.8, 4) is 0 Å². The summed E-state index contributed by atoms with van der Waals surface area (Å²) in [5.74, 6) is 0. The summed E-state index contributed by atoms with van der Waals surface area (Å²) in [6.07, 6.45) is 2.67. The molecule has 1 unspecified atom stereocenters. The lowest BCUT2D eigenvalue weighted by Crippen LogP contribution is -2.03. The van der Waals surface area contributed by atoms with Crippen LogP contribution in [0.25, 0.3) is 0 Å². The Bertz CT molecular complexity index is 521. The van der Waals surface area contributed by atoms with Crippen LogP contribution in [-0.2, 0) is 13.5 Å². The first-order chi connectivity index (χ1) is 8.56. The summed E-state index contributed by atoms with van der Waals surface area (Å²) in [6, 6.07) is 7.44. The van der Waals surface area contributed by atoms with Gasteiger partial charge in [0.15, 0.2) is 0 Å². The van der Waals surface area contributed by atoms with Crippen LogP contribution in [0.3, 0.4) is 0 Å². The first-order valence-electron chi connectivity index (χ1n) is 5.67. The fourth-order valence-corrected chi connectivity index (χ4v) is 2.75.